The third kappa shape index (κ3) is 4.81. The van der Waals surface area contributed by atoms with Crippen molar-refractivity contribution in [3.8, 4) is 0 Å². The number of fused-ring (bicyclic) bond motifs is 3. The zero-order valence-electron chi connectivity index (χ0n) is 21.8. The summed E-state index contributed by atoms with van der Waals surface area (Å²) in [5, 5.41) is 2.97. The molecule has 1 aliphatic carbocycles. The summed E-state index contributed by atoms with van der Waals surface area (Å²) in [4.78, 5) is 42.7. The summed E-state index contributed by atoms with van der Waals surface area (Å²) in [5.74, 6) is -0.520. The van der Waals surface area contributed by atoms with Gasteiger partial charge in [0.15, 0.2) is 5.78 Å². The van der Waals surface area contributed by atoms with E-state index in [0.29, 0.717) is 36.3 Å². The number of allylic oxidation sites excluding steroid dienone is 1. The van der Waals surface area contributed by atoms with Crippen molar-refractivity contribution >= 4 is 52.6 Å². The van der Waals surface area contributed by atoms with Crippen LogP contribution < -0.4 is 9.62 Å². The Balaban J connectivity index is 1.35. The molecule has 8 heteroatoms. The normalized spacial score (nSPS) is 16.8. The maximum atomic E-state index is 13.1. The molecule has 0 bridgehead atoms. The number of ether oxygens (including phenoxy) is 1. The van der Waals surface area contributed by atoms with E-state index in [-0.39, 0.29) is 30.5 Å². The Hall–Kier alpha value is -4.04. The van der Waals surface area contributed by atoms with E-state index < -0.39 is 0 Å². The van der Waals surface area contributed by atoms with Gasteiger partial charge in [-0.15, -0.1) is 0 Å². The fourth-order valence-corrected chi connectivity index (χ4v) is 6.61. The zero-order chi connectivity index (χ0) is 27.1. The summed E-state index contributed by atoms with van der Waals surface area (Å²) in [6.45, 7) is 7.02. The molecule has 0 unspecified atom stereocenters. The predicted octanol–water partition coefficient (Wildman–Crippen LogP) is 5.76. The highest BCUT2D eigenvalue weighted by atomic mass is 32.2. The first-order valence-electron chi connectivity index (χ1n) is 13.2. The number of ketones is 1. The molecule has 1 amide bonds. The molecule has 2 N–H and O–H groups in total. The van der Waals surface area contributed by atoms with E-state index in [2.05, 4.69) is 45.5 Å². The van der Waals surface area contributed by atoms with Crippen LogP contribution in [0.25, 0.3) is 11.6 Å². The largest absolute Gasteiger partial charge is 0.466 e. The van der Waals surface area contributed by atoms with Crippen molar-refractivity contribution in [1.29, 1.82) is 0 Å². The maximum Gasteiger partial charge on any atom is 0.306 e. The van der Waals surface area contributed by atoms with Crippen molar-refractivity contribution in [2.45, 2.75) is 43.9 Å². The number of aromatic nitrogens is 1. The van der Waals surface area contributed by atoms with Gasteiger partial charge in [0, 0.05) is 58.9 Å². The molecule has 0 saturated carbocycles. The van der Waals surface area contributed by atoms with Crippen molar-refractivity contribution in [2.75, 3.05) is 22.8 Å². The first kappa shape index (κ1) is 25.2. The molecule has 0 radical (unpaired) electrons. The number of carbonyl (C=O) groups is 3. The number of aromatic amines is 1. The topological polar surface area (TPSA) is 91.5 Å². The van der Waals surface area contributed by atoms with Crippen molar-refractivity contribution in [1.82, 2.24) is 4.98 Å². The number of H-pyrrole nitrogens is 1. The lowest BCUT2D eigenvalue weighted by Gasteiger charge is -2.18. The standard InChI is InChI=1S/C31H29N3O4S/c1-3-38-29(36)11-9-21-25(32-26-14-18(2)15-28(35)30(21)26)17-23-22-16-20(8-10-24(22)33-31(23)37)39-34-13-12-19-6-4-5-7-27(19)34/h4-8,10,16-17,32H,2-3,9,11-15H2,1H3,(H,33,37)/b23-17-. The molecule has 0 saturated heterocycles. The quantitative estimate of drug-likeness (QED) is 0.172. The highest BCUT2D eigenvalue weighted by molar-refractivity contribution is 8.00. The minimum absolute atomic E-state index is 0.0122. The minimum atomic E-state index is -0.312. The molecular weight excluding hydrogens is 510 g/mol. The molecule has 6 rings (SSSR count). The van der Waals surface area contributed by atoms with Gasteiger partial charge in [-0.3, -0.25) is 14.4 Å². The third-order valence-electron chi connectivity index (χ3n) is 7.34. The van der Waals surface area contributed by atoms with Gasteiger partial charge in [-0.05, 0) is 73.2 Å². The summed E-state index contributed by atoms with van der Waals surface area (Å²) in [7, 11) is 0. The molecule has 0 spiro atoms. The number of nitrogens with one attached hydrogen (secondary N) is 2. The van der Waals surface area contributed by atoms with Gasteiger partial charge >= 0.3 is 5.97 Å². The fraction of sp³-hybridized carbons (Fsp3) is 0.258. The first-order chi connectivity index (χ1) is 18.9. The van der Waals surface area contributed by atoms with Crippen LogP contribution in [0.15, 0.2) is 59.5 Å². The Labute approximate surface area is 231 Å². The van der Waals surface area contributed by atoms with Crippen LogP contribution in [-0.4, -0.2) is 35.8 Å². The number of carbonyl (C=O) groups excluding carboxylic acids is 3. The molecule has 0 fully saturated rings. The summed E-state index contributed by atoms with van der Waals surface area (Å²) in [6.07, 6.45) is 4.19. The van der Waals surface area contributed by atoms with Crippen LogP contribution in [-0.2, 0) is 33.6 Å². The minimum Gasteiger partial charge on any atom is -0.466 e. The molecule has 3 aliphatic rings. The number of para-hydroxylation sites is 1. The molecule has 2 aromatic carbocycles. The number of esters is 1. The highest BCUT2D eigenvalue weighted by Crippen LogP contribution is 2.41. The number of hydrogen-bond donors (Lipinski definition) is 2. The van der Waals surface area contributed by atoms with Gasteiger partial charge < -0.3 is 19.3 Å². The Kier molecular flexibility index (Phi) is 6.64. The van der Waals surface area contributed by atoms with Crippen molar-refractivity contribution in [3.63, 3.8) is 0 Å². The highest BCUT2D eigenvalue weighted by Gasteiger charge is 2.30. The SMILES string of the molecule is C=C1CC(=O)c2c([nH]c(/C=C3\C(=O)Nc4ccc(SN5CCc6ccccc65)cc43)c2CCC(=O)OCC)C1. The van der Waals surface area contributed by atoms with Crippen LogP contribution in [0.1, 0.15) is 58.2 Å². The molecule has 198 valence electrons. The van der Waals surface area contributed by atoms with E-state index in [1.165, 1.54) is 11.3 Å². The second-order valence-corrected chi connectivity index (χ2v) is 11.1. The van der Waals surface area contributed by atoms with Crippen molar-refractivity contribution in [2.24, 2.45) is 0 Å². The number of Topliss-reactive ketones (excluding diaryl/α,β-unsaturated/α-hetero) is 1. The van der Waals surface area contributed by atoms with E-state index in [4.69, 9.17) is 4.74 Å². The summed E-state index contributed by atoms with van der Waals surface area (Å²) < 4.78 is 7.41. The summed E-state index contributed by atoms with van der Waals surface area (Å²) >= 11 is 1.66. The van der Waals surface area contributed by atoms with Crippen LogP contribution in [0.3, 0.4) is 0 Å². The first-order valence-corrected chi connectivity index (χ1v) is 14.0. The number of anilines is 2. The van der Waals surface area contributed by atoms with Gasteiger partial charge in [-0.25, -0.2) is 0 Å². The monoisotopic (exact) mass is 539 g/mol. The van der Waals surface area contributed by atoms with Gasteiger partial charge in [0.25, 0.3) is 5.91 Å². The summed E-state index contributed by atoms with van der Waals surface area (Å²) in [5.41, 5.74) is 8.35. The van der Waals surface area contributed by atoms with Gasteiger partial charge in [-0.1, -0.05) is 30.4 Å². The second kappa shape index (κ2) is 10.3. The number of benzene rings is 2. The van der Waals surface area contributed by atoms with E-state index in [1.807, 2.05) is 24.3 Å². The third-order valence-corrected chi connectivity index (χ3v) is 8.40. The van der Waals surface area contributed by atoms with Gasteiger partial charge in [0.2, 0.25) is 0 Å². The lowest BCUT2D eigenvalue weighted by molar-refractivity contribution is -0.143. The average molecular weight is 540 g/mol. The zero-order valence-corrected chi connectivity index (χ0v) is 22.6. The molecule has 39 heavy (non-hydrogen) atoms. The van der Waals surface area contributed by atoms with Crippen molar-refractivity contribution in [3.05, 3.63) is 88.3 Å². The summed E-state index contributed by atoms with van der Waals surface area (Å²) in [6, 6.07) is 14.4. The van der Waals surface area contributed by atoms with E-state index in [1.54, 1.807) is 18.9 Å². The van der Waals surface area contributed by atoms with E-state index >= 15 is 0 Å². The fourth-order valence-electron chi connectivity index (χ4n) is 5.60. The molecule has 2 aliphatic heterocycles. The molecule has 3 heterocycles. The van der Waals surface area contributed by atoms with Crippen LogP contribution in [0, 0.1) is 0 Å². The predicted molar refractivity (Wildman–Crippen MR) is 154 cm³/mol. The number of rotatable bonds is 7. The van der Waals surface area contributed by atoms with E-state index in [9.17, 15) is 14.4 Å². The number of amides is 1. The molecular formula is C31H29N3O4S. The Bertz CT molecular complexity index is 1570. The van der Waals surface area contributed by atoms with Crippen molar-refractivity contribution < 1.29 is 19.1 Å². The lowest BCUT2D eigenvalue weighted by atomic mass is 9.89. The van der Waals surface area contributed by atoms with Gasteiger partial charge in [0.1, 0.15) is 0 Å². The van der Waals surface area contributed by atoms with E-state index in [0.717, 1.165) is 45.9 Å². The van der Waals surface area contributed by atoms with Gasteiger partial charge in [0.05, 0.1) is 17.9 Å². The molecule has 1 aromatic heterocycles. The Morgan fingerprint density at radius 2 is 2.03 bits per heavy atom. The van der Waals surface area contributed by atoms with Crippen LogP contribution in [0.2, 0.25) is 0 Å². The second-order valence-electron chi connectivity index (χ2n) is 9.99. The molecule has 3 aromatic rings. The average Bonchev–Trinajstić information content (AvgIpc) is 3.57. The molecule has 0 atom stereocenters. The Morgan fingerprint density at radius 3 is 2.87 bits per heavy atom. The number of nitrogens with zero attached hydrogens (tertiary/aromatic N) is 1. The van der Waals surface area contributed by atoms with Crippen LogP contribution in [0.4, 0.5) is 11.4 Å². The maximum absolute atomic E-state index is 13.1. The van der Waals surface area contributed by atoms with Gasteiger partial charge in [-0.2, -0.15) is 0 Å². The smallest absolute Gasteiger partial charge is 0.306 e. The molecule has 7 nitrogen and oxygen atoms in total. The van der Waals surface area contributed by atoms with Crippen LogP contribution >= 0.6 is 11.9 Å². The lowest BCUT2D eigenvalue weighted by Crippen LogP contribution is -2.14. The Morgan fingerprint density at radius 1 is 1.18 bits per heavy atom. The number of hydrogen-bond acceptors (Lipinski definition) is 6. The van der Waals surface area contributed by atoms with Crippen LogP contribution in [0.5, 0.6) is 0 Å².